The summed E-state index contributed by atoms with van der Waals surface area (Å²) in [5.74, 6) is 1.16. The molecule has 5 nitrogen and oxygen atoms in total. The average Bonchev–Trinajstić information content (AvgIpc) is 2.97. The minimum Gasteiger partial charge on any atom is -0.326 e. The number of hydrogen-bond donors (Lipinski definition) is 1. The van der Waals surface area contributed by atoms with Crippen LogP contribution in [0.3, 0.4) is 0 Å². The monoisotopic (exact) mass is 288 g/mol. The van der Waals surface area contributed by atoms with Crippen molar-refractivity contribution in [1.29, 1.82) is 0 Å². The lowest BCUT2D eigenvalue weighted by molar-refractivity contribution is -0.116. The van der Waals surface area contributed by atoms with Crippen LogP contribution in [0, 0.1) is 0 Å². The standard InChI is InChI=1S/C14H16N4OS/c19-14-5-2-11-8-12(3-4-13(11)17-14)20-7-1-6-18-10-15-9-16-18/h3-4,8-10H,1-2,5-7H2,(H,17,19). The van der Waals surface area contributed by atoms with Gasteiger partial charge < -0.3 is 5.32 Å². The van der Waals surface area contributed by atoms with Gasteiger partial charge in [-0.3, -0.25) is 9.48 Å². The molecule has 1 aromatic heterocycles. The number of nitrogens with one attached hydrogen (secondary N) is 1. The van der Waals surface area contributed by atoms with Gasteiger partial charge in [-0.15, -0.1) is 11.8 Å². The van der Waals surface area contributed by atoms with Gasteiger partial charge in [0.05, 0.1) is 0 Å². The lowest BCUT2D eigenvalue weighted by Crippen LogP contribution is -2.18. The molecule has 20 heavy (non-hydrogen) atoms. The Morgan fingerprint density at radius 2 is 2.30 bits per heavy atom. The maximum absolute atomic E-state index is 11.3. The number of anilines is 1. The fraction of sp³-hybridized carbons (Fsp3) is 0.357. The van der Waals surface area contributed by atoms with Crippen LogP contribution < -0.4 is 5.32 Å². The highest BCUT2D eigenvalue weighted by atomic mass is 32.2. The van der Waals surface area contributed by atoms with Crippen LogP contribution in [0.2, 0.25) is 0 Å². The van der Waals surface area contributed by atoms with Crippen molar-refractivity contribution >= 4 is 23.4 Å². The number of carbonyl (C=O) groups excluding carboxylic acids is 1. The van der Waals surface area contributed by atoms with E-state index in [1.807, 2.05) is 22.5 Å². The SMILES string of the molecule is O=C1CCc2cc(SCCCn3cncn3)ccc2N1. The van der Waals surface area contributed by atoms with Crippen molar-refractivity contribution in [3.8, 4) is 0 Å². The van der Waals surface area contributed by atoms with Gasteiger partial charge in [-0.05, 0) is 42.4 Å². The number of fused-ring (bicyclic) bond motifs is 1. The molecular weight excluding hydrogens is 272 g/mol. The van der Waals surface area contributed by atoms with Crippen LogP contribution in [0.1, 0.15) is 18.4 Å². The zero-order valence-corrected chi connectivity index (χ0v) is 11.9. The van der Waals surface area contributed by atoms with Gasteiger partial charge in [0.1, 0.15) is 12.7 Å². The Labute approximate surface area is 121 Å². The van der Waals surface area contributed by atoms with E-state index in [0.29, 0.717) is 6.42 Å². The Hall–Kier alpha value is -1.82. The molecule has 1 aromatic carbocycles. The highest BCUT2D eigenvalue weighted by Gasteiger charge is 2.14. The molecule has 1 aliphatic rings. The van der Waals surface area contributed by atoms with Crippen LogP contribution in [0.15, 0.2) is 35.7 Å². The molecule has 1 aliphatic heterocycles. The van der Waals surface area contributed by atoms with Crippen molar-refractivity contribution in [2.45, 2.75) is 30.7 Å². The van der Waals surface area contributed by atoms with Crippen LogP contribution in [0.4, 0.5) is 5.69 Å². The highest BCUT2D eigenvalue weighted by Crippen LogP contribution is 2.28. The number of benzene rings is 1. The molecule has 0 spiro atoms. The maximum Gasteiger partial charge on any atom is 0.224 e. The largest absolute Gasteiger partial charge is 0.326 e. The minimum absolute atomic E-state index is 0.116. The third-order valence-electron chi connectivity index (χ3n) is 3.24. The van der Waals surface area contributed by atoms with Crippen molar-refractivity contribution in [2.75, 3.05) is 11.1 Å². The second kappa shape index (κ2) is 6.09. The van der Waals surface area contributed by atoms with Gasteiger partial charge in [-0.2, -0.15) is 5.10 Å². The number of carbonyl (C=O) groups is 1. The number of rotatable bonds is 5. The van der Waals surface area contributed by atoms with E-state index in [0.717, 1.165) is 30.8 Å². The van der Waals surface area contributed by atoms with E-state index in [4.69, 9.17) is 0 Å². The fourth-order valence-corrected chi connectivity index (χ4v) is 3.11. The minimum atomic E-state index is 0.116. The summed E-state index contributed by atoms with van der Waals surface area (Å²) in [6.45, 7) is 0.897. The first kappa shape index (κ1) is 13.2. The third-order valence-corrected chi connectivity index (χ3v) is 4.32. The average molecular weight is 288 g/mol. The molecule has 0 atom stereocenters. The Bertz CT molecular complexity index is 597. The molecule has 0 saturated heterocycles. The fourth-order valence-electron chi connectivity index (χ4n) is 2.21. The predicted octanol–water partition coefficient (Wildman–Crippen LogP) is 2.35. The quantitative estimate of drug-likeness (QED) is 0.677. The van der Waals surface area contributed by atoms with E-state index >= 15 is 0 Å². The Balaban J connectivity index is 1.52. The van der Waals surface area contributed by atoms with Crippen LogP contribution in [-0.4, -0.2) is 26.4 Å². The van der Waals surface area contributed by atoms with E-state index in [2.05, 4.69) is 27.5 Å². The molecule has 1 N–H and O–H groups in total. The summed E-state index contributed by atoms with van der Waals surface area (Å²) in [5.41, 5.74) is 2.21. The summed E-state index contributed by atoms with van der Waals surface area (Å²) in [4.78, 5) is 16.5. The number of nitrogens with zero attached hydrogens (tertiary/aromatic N) is 3. The molecule has 1 amide bonds. The molecule has 2 heterocycles. The summed E-state index contributed by atoms with van der Waals surface area (Å²) in [7, 11) is 0. The zero-order chi connectivity index (χ0) is 13.8. The molecule has 0 radical (unpaired) electrons. The molecular formula is C14H16N4OS. The number of aromatic nitrogens is 3. The van der Waals surface area contributed by atoms with Crippen molar-refractivity contribution in [3.63, 3.8) is 0 Å². The molecule has 0 unspecified atom stereocenters. The van der Waals surface area contributed by atoms with E-state index < -0.39 is 0 Å². The Morgan fingerprint density at radius 3 is 3.15 bits per heavy atom. The Kier molecular flexibility index (Phi) is 4.01. The van der Waals surface area contributed by atoms with Crippen LogP contribution in [0.25, 0.3) is 0 Å². The first-order valence-electron chi connectivity index (χ1n) is 6.69. The number of amides is 1. The van der Waals surface area contributed by atoms with Gasteiger partial charge in [0.15, 0.2) is 0 Å². The molecule has 104 valence electrons. The van der Waals surface area contributed by atoms with Crippen LogP contribution >= 0.6 is 11.8 Å². The Morgan fingerprint density at radius 1 is 1.35 bits per heavy atom. The van der Waals surface area contributed by atoms with E-state index in [-0.39, 0.29) is 5.91 Å². The molecule has 0 aliphatic carbocycles. The van der Waals surface area contributed by atoms with Crippen molar-refractivity contribution < 1.29 is 4.79 Å². The molecule has 0 bridgehead atoms. The van der Waals surface area contributed by atoms with Gasteiger partial charge in [-0.1, -0.05) is 0 Å². The van der Waals surface area contributed by atoms with Crippen LogP contribution in [-0.2, 0) is 17.8 Å². The number of aryl methyl sites for hydroxylation is 2. The van der Waals surface area contributed by atoms with Gasteiger partial charge in [0.25, 0.3) is 0 Å². The van der Waals surface area contributed by atoms with E-state index in [9.17, 15) is 4.79 Å². The normalized spacial score (nSPS) is 13.9. The van der Waals surface area contributed by atoms with E-state index in [1.165, 1.54) is 10.5 Å². The van der Waals surface area contributed by atoms with Crippen LogP contribution in [0.5, 0.6) is 0 Å². The van der Waals surface area contributed by atoms with Gasteiger partial charge >= 0.3 is 0 Å². The summed E-state index contributed by atoms with van der Waals surface area (Å²) in [6, 6.07) is 6.27. The van der Waals surface area contributed by atoms with Gasteiger partial charge in [-0.25, -0.2) is 4.98 Å². The topological polar surface area (TPSA) is 59.8 Å². The lowest BCUT2D eigenvalue weighted by atomic mass is 10.0. The summed E-state index contributed by atoms with van der Waals surface area (Å²) in [5, 5.41) is 6.99. The first-order chi connectivity index (χ1) is 9.81. The molecule has 2 aromatic rings. The lowest BCUT2D eigenvalue weighted by Gasteiger charge is -2.17. The highest BCUT2D eigenvalue weighted by molar-refractivity contribution is 7.99. The van der Waals surface area contributed by atoms with Gasteiger partial charge in [0, 0.05) is 23.5 Å². The number of thioether (sulfide) groups is 1. The smallest absolute Gasteiger partial charge is 0.224 e. The van der Waals surface area contributed by atoms with Crippen molar-refractivity contribution in [1.82, 2.24) is 14.8 Å². The maximum atomic E-state index is 11.3. The van der Waals surface area contributed by atoms with E-state index in [1.54, 1.807) is 12.7 Å². The molecule has 0 saturated carbocycles. The summed E-state index contributed by atoms with van der Waals surface area (Å²) in [6.07, 6.45) is 5.79. The second-order valence-corrected chi connectivity index (χ2v) is 5.90. The molecule has 3 rings (SSSR count). The zero-order valence-electron chi connectivity index (χ0n) is 11.1. The second-order valence-electron chi connectivity index (χ2n) is 4.73. The molecule has 6 heteroatoms. The molecule has 0 fully saturated rings. The third kappa shape index (κ3) is 3.19. The first-order valence-corrected chi connectivity index (χ1v) is 7.68. The summed E-state index contributed by atoms with van der Waals surface area (Å²) < 4.78 is 1.85. The number of hydrogen-bond acceptors (Lipinski definition) is 4. The van der Waals surface area contributed by atoms with Crippen molar-refractivity contribution in [2.24, 2.45) is 0 Å². The van der Waals surface area contributed by atoms with Crippen molar-refractivity contribution in [3.05, 3.63) is 36.4 Å². The summed E-state index contributed by atoms with van der Waals surface area (Å²) >= 11 is 1.84. The predicted molar refractivity (Wildman–Crippen MR) is 78.8 cm³/mol. The van der Waals surface area contributed by atoms with Gasteiger partial charge in [0.2, 0.25) is 5.91 Å².